The van der Waals surface area contributed by atoms with Gasteiger partial charge in [-0.1, -0.05) is 6.07 Å². The van der Waals surface area contributed by atoms with Crippen molar-refractivity contribution in [3.05, 3.63) is 45.9 Å². The van der Waals surface area contributed by atoms with Gasteiger partial charge in [0.15, 0.2) is 5.65 Å². The number of H-pyrrole nitrogens is 1. The van der Waals surface area contributed by atoms with Gasteiger partial charge in [0.2, 0.25) is 11.9 Å². The zero-order valence-electron chi connectivity index (χ0n) is 16.6. The zero-order valence-corrected chi connectivity index (χ0v) is 17.4. The second kappa shape index (κ2) is 7.86. The van der Waals surface area contributed by atoms with E-state index in [0.29, 0.717) is 35.0 Å². The number of piperidine rings is 1. The van der Waals surface area contributed by atoms with Crippen molar-refractivity contribution >= 4 is 40.2 Å². The highest BCUT2D eigenvalue weighted by atomic mass is 32.1. The lowest BCUT2D eigenvalue weighted by molar-refractivity contribution is 0.102. The summed E-state index contributed by atoms with van der Waals surface area (Å²) < 4.78 is 1.83. The van der Waals surface area contributed by atoms with E-state index in [9.17, 15) is 4.79 Å². The van der Waals surface area contributed by atoms with Gasteiger partial charge in [-0.2, -0.15) is 10.1 Å². The highest BCUT2D eigenvalue weighted by Crippen LogP contribution is 2.22. The summed E-state index contributed by atoms with van der Waals surface area (Å²) in [6.07, 6.45) is 5.21. The molecule has 1 fully saturated rings. The normalized spacial score (nSPS) is 14.4. The van der Waals surface area contributed by atoms with Crippen LogP contribution in [0.5, 0.6) is 0 Å². The molecule has 154 valence electrons. The van der Waals surface area contributed by atoms with Crippen LogP contribution in [0.4, 0.5) is 11.9 Å². The first kappa shape index (κ1) is 18.7. The number of amides is 1. The topological polar surface area (TPSA) is 105 Å². The predicted octanol–water partition coefficient (Wildman–Crippen LogP) is 3.21. The van der Waals surface area contributed by atoms with Crippen LogP contribution in [0.15, 0.2) is 29.8 Å². The molecule has 0 radical (unpaired) electrons. The molecule has 5 heterocycles. The Labute approximate surface area is 177 Å². The number of thiophene rings is 1. The lowest BCUT2D eigenvalue weighted by atomic mass is 10.1. The monoisotopic (exact) mass is 422 g/mol. The molecule has 2 N–H and O–H groups in total. The SMILES string of the molecule is Cc1cc(C(=O)Nc2nc(N3CCCCC3)n[nH]2)c2cnn(Cc3cccs3)c2n1. The van der Waals surface area contributed by atoms with Crippen molar-refractivity contribution in [1.82, 2.24) is 29.9 Å². The average molecular weight is 423 g/mol. The quantitative estimate of drug-likeness (QED) is 0.512. The van der Waals surface area contributed by atoms with E-state index < -0.39 is 0 Å². The number of aromatic amines is 1. The first-order valence-electron chi connectivity index (χ1n) is 10.0. The van der Waals surface area contributed by atoms with Crippen molar-refractivity contribution in [3.63, 3.8) is 0 Å². The van der Waals surface area contributed by atoms with Crippen LogP contribution in [-0.4, -0.2) is 48.9 Å². The molecule has 1 saturated heterocycles. The van der Waals surface area contributed by atoms with E-state index in [4.69, 9.17) is 0 Å². The largest absolute Gasteiger partial charge is 0.340 e. The molecule has 0 saturated carbocycles. The Bertz CT molecular complexity index is 1170. The van der Waals surface area contributed by atoms with Crippen molar-refractivity contribution in [3.8, 4) is 0 Å². The molecule has 0 atom stereocenters. The molecule has 0 aliphatic carbocycles. The van der Waals surface area contributed by atoms with Crippen LogP contribution >= 0.6 is 11.3 Å². The summed E-state index contributed by atoms with van der Waals surface area (Å²) in [5.74, 6) is 0.710. The summed E-state index contributed by atoms with van der Waals surface area (Å²) in [4.78, 5) is 25.4. The van der Waals surface area contributed by atoms with Gasteiger partial charge in [0.1, 0.15) is 0 Å². The predicted molar refractivity (Wildman–Crippen MR) is 116 cm³/mol. The Morgan fingerprint density at radius 2 is 2.13 bits per heavy atom. The van der Waals surface area contributed by atoms with Crippen LogP contribution in [0.2, 0.25) is 0 Å². The van der Waals surface area contributed by atoms with Gasteiger partial charge in [0.05, 0.1) is 23.7 Å². The van der Waals surface area contributed by atoms with E-state index in [-0.39, 0.29) is 5.91 Å². The van der Waals surface area contributed by atoms with E-state index in [2.05, 4.69) is 41.5 Å². The number of anilines is 2. The number of pyridine rings is 1. The molecule has 0 bridgehead atoms. The molecule has 4 aromatic heterocycles. The van der Waals surface area contributed by atoms with Crippen LogP contribution in [0.1, 0.15) is 40.2 Å². The van der Waals surface area contributed by atoms with Gasteiger partial charge >= 0.3 is 0 Å². The molecule has 1 aliphatic heterocycles. The number of carbonyl (C=O) groups is 1. The number of aromatic nitrogens is 6. The zero-order chi connectivity index (χ0) is 20.5. The Hall–Kier alpha value is -3.27. The summed E-state index contributed by atoms with van der Waals surface area (Å²) in [5.41, 5.74) is 1.97. The number of nitrogens with zero attached hydrogens (tertiary/aromatic N) is 6. The van der Waals surface area contributed by atoms with Crippen LogP contribution in [0.3, 0.4) is 0 Å². The van der Waals surface area contributed by atoms with Crippen molar-refractivity contribution in [1.29, 1.82) is 0 Å². The van der Waals surface area contributed by atoms with E-state index in [1.165, 1.54) is 11.3 Å². The van der Waals surface area contributed by atoms with Crippen LogP contribution in [0.25, 0.3) is 11.0 Å². The van der Waals surface area contributed by atoms with Crippen molar-refractivity contribution in [2.45, 2.75) is 32.7 Å². The molecule has 1 amide bonds. The van der Waals surface area contributed by atoms with Gasteiger partial charge in [-0.15, -0.1) is 16.4 Å². The Balaban J connectivity index is 1.39. The Morgan fingerprint density at radius 3 is 2.93 bits per heavy atom. The number of rotatable bonds is 5. The second-order valence-corrected chi connectivity index (χ2v) is 8.45. The summed E-state index contributed by atoms with van der Waals surface area (Å²) in [7, 11) is 0. The standard InChI is InChI=1S/C20H22N8OS/c1-13-10-15(16-11-21-28(17(16)22-13)12-14-6-5-9-30-14)18(29)23-19-24-20(26-25-19)27-7-3-2-4-8-27/h5-6,9-11H,2-4,7-8,12H2,1H3,(H2,23,24,25,26,29). The molecule has 0 unspecified atom stereocenters. The van der Waals surface area contributed by atoms with Crippen molar-refractivity contribution in [2.75, 3.05) is 23.3 Å². The highest BCUT2D eigenvalue weighted by molar-refractivity contribution is 7.09. The molecule has 0 spiro atoms. The van der Waals surface area contributed by atoms with E-state index in [0.717, 1.165) is 31.6 Å². The minimum absolute atomic E-state index is 0.262. The van der Waals surface area contributed by atoms with Crippen molar-refractivity contribution in [2.24, 2.45) is 0 Å². The molecule has 30 heavy (non-hydrogen) atoms. The second-order valence-electron chi connectivity index (χ2n) is 7.42. The minimum atomic E-state index is -0.262. The number of nitrogens with one attached hydrogen (secondary N) is 2. The van der Waals surface area contributed by atoms with Crippen LogP contribution < -0.4 is 10.2 Å². The molecular formula is C20H22N8OS. The van der Waals surface area contributed by atoms with Crippen LogP contribution in [-0.2, 0) is 6.54 Å². The number of aryl methyl sites for hydroxylation is 1. The summed E-state index contributed by atoms with van der Waals surface area (Å²) in [6.45, 7) is 4.39. The summed E-state index contributed by atoms with van der Waals surface area (Å²) >= 11 is 1.67. The summed E-state index contributed by atoms with van der Waals surface area (Å²) in [6, 6.07) is 5.85. The Morgan fingerprint density at radius 1 is 1.27 bits per heavy atom. The smallest absolute Gasteiger partial charge is 0.258 e. The number of fused-ring (bicyclic) bond motifs is 1. The summed E-state index contributed by atoms with van der Waals surface area (Å²) in [5, 5.41) is 17.1. The molecule has 10 heteroatoms. The van der Waals surface area contributed by atoms with Gasteiger partial charge < -0.3 is 4.90 Å². The molecule has 9 nitrogen and oxygen atoms in total. The fraction of sp³-hybridized carbons (Fsp3) is 0.350. The maximum atomic E-state index is 13.0. The molecule has 4 aromatic rings. The molecular weight excluding hydrogens is 400 g/mol. The third kappa shape index (κ3) is 3.65. The van der Waals surface area contributed by atoms with Gasteiger partial charge in [0, 0.05) is 23.7 Å². The average Bonchev–Trinajstić information content (AvgIpc) is 3.51. The lowest BCUT2D eigenvalue weighted by Gasteiger charge is -2.24. The van der Waals surface area contributed by atoms with E-state index in [1.807, 2.05) is 23.1 Å². The third-order valence-corrected chi connectivity index (χ3v) is 6.07. The number of hydrogen-bond donors (Lipinski definition) is 2. The first-order valence-corrected chi connectivity index (χ1v) is 10.9. The first-order chi connectivity index (χ1) is 14.7. The van der Waals surface area contributed by atoms with E-state index >= 15 is 0 Å². The van der Waals surface area contributed by atoms with E-state index in [1.54, 1.807) is 23.6 Å². The number of hydrogen-bond acceptors (Lipinski definition) is 7. The highest BCUT2D eigenvalue weighted by Gasteiger charge is 2.19. The molecule has 1 aliphatic rings. The Kier molecular flexibility index (Phi) is 4.91. The minimum Gasteiger partial charge on any atom is -0.340 e. The maximum Gasteiger partial charge on any atom is 0.258 e. The molecule has 0 aromatic carbocycles. The van der Waals surface area contributed by atoms with Gasteiger partial charge in [-0.05, 0) is 43.7 Å². The van der Waals surface area contributed by atoms with Gasteiger partial charge in [-0.25, -0.2) is 14.8 Å². The third-order valence-electron chi connectivity index (χ3n) is 5.21. The van der Waals surface area contributed by atoms with Crippen molar-refractivity contribution < 1.29 is 4.79 Å². The van der Waals surface area contributed by atoms with Crippen LogP contribution in [0, 0.1) is 6.92 Å². The molecule has 5 rings (SSSR count). The number of carbonyl (C=O) groups excluding carboxylic acids is 1. The maximum absolute atomic E-state index is 13.0. The fourth-order valence-corrected chi connectivity index (χ4v) is 4.43. The van der Waals surface area contributed by atoms with Gasteiger partial charge in [0.25, 0.3) is 5.91 Å². The lowest BCUT2D eigenvalue weighted by Crippen LogP contribution is -2.30. The fourth-order valence-electron chi connectivity index (χ4n) is 3.75. The van der Waals surface area contributed by atoms with Gasteiger partial charge in [-0.3, -0.25) is 10.1 Å².